The van der Waals surface area contributed by atoms with Gasteiger partial charge in [-0.3, -0.25) is 14.7 Å². The van der Waals surface area contributed by atoms with Crippen molar-refractivity contribution in [2.24, 2.45) is 4.99 Å². The molecule has 1 heterocycles. The fourth-order valence-corrected chi connectivity index (χ4v) is 3.17. The summed E-state index contributed by atoms with van der Waals surface area (Å²) in [6, 6.07) is 7.87. The molecule has 0 spiro atoms. The Morgan fingerprint density at radius 3 is 2.40 bits per heavy atom. The fourth-order valence-electron chi connectivity index (χ4n) is 3.17. The molecule has 170 valence electrons. The highest BCUT2D eigenvalue weighted by Crippen LogP contribution is 2.15. The van der Waals surface area contributed by atoms with Gasteiger partial charge in [-0.2, -0.15) is 0 Å². The number of ether oxygens (including phenoxy) is 1. The van der Waals surface area contributed by atoms with Gasteiger partial charge in [-0.05, 0) is 44.9 Å². The van der Waals surface area contributed by atoms with Crippen LogP contribution in [0.5, 0.6) is 0 Å². The molecule has 3 N–H and O–H groups in total. The number of morpholine rings is 1. The van der Waals surface area contributed by atoms with E-state index < -0.39 is 0 Å². The van der Waals surface area contributed by atoms with Crippen LogP contribution in [-0.2, 0) is 11.3 Å². The lowest BCUT2D eigenvalue weighted by Crippen LogP contribution is -2.56. The third-order valence-electron chi connectivity index (χ3n) is 5.45. The zero-order valence-corrected chi connectivity index (χ0v) is 21.3. The zero-order valence-electron chi connectivity index (χ0n) is 19.0. The number of aliphatic imine (C=N–C) groups is 1. The van der Waals surface area contributed by atoms with E-state index >= 15 is 0 Å². The van der Waals surface area contributed by atoms with Crippen molar-refractivity contribution in [3.8, 4) is 0 Å². The second kappa shape index (κ2) is 13.1. The van der Waals surface area contributed by atoms with Crippen molar-refractivity contribution in [3.63, 3.8) is 0 Å². The molecule has 1 aliphatic rings. The Hall–Kier alpha value is -1.39. The molecule has 2 rings (SSSR count). The number of hydrogen-bond acceptors (Lipinski definition) is 4. The number of halogens is 1. The first-order chi connectivity index (χ1) is 13.9. The quantitative estimate of drug-likeness (QED) is 0.273. The maximum Gasteiger partial charge on any atom is 0.251 e. The molecule has 1 aromatic rings. The van der Waals surface area contributed by atoms with Gasteiger partial charge in [0.15, 0.2) is 5.96 Å². The van der Waals surface area contributed by atoms with Crippen molar-refractivity contribution in [2.45, 2.75) is 52.2 Å². The standard InChI is InChI=1S/C22H37N5O2.HI/c1-6-17(2)26-20(28)19-9-7-18(8-10-19)15-24-21(23-5)25-16-22(3,4)27-11-13-29-14-12-27;/h7-10,17H,6,11-16H2,1-5H3,(H,26,28)(H2,23,24,25);1H. The highest BCUT2D eigenvalue weighted by atomic mass is 127. The summed E-state index contributed by atoms with van der Waals surface area (Å²) >= 11 is 0. The summed E-state index contributed by atoms with van der Waals surface area (Å²) in [5.74, 6) is 0.742. The van der Waals surface area contributed by atoms with Crippen molar-refractivity contribution < 1.29 is 9.53 Å². The summed E-state index contributed by atoms with van der Waals surface area (Å²) in [5.41, 5.74) is 1.80. The van der Waals surface area contributed by atoms with Crippen LogP contribution in [-0.4, -0.2) is 68.2 Å². The van der Waals surface area contributed by atoms with Crippen molar-refractivity contribution in [1.82, 2.24) is 20.9 Å². The van der Waals surface area contributed by atoms with Gasteiger partial charge in [0, 0.05) is 50.4 Å². The number of benzene rings is 1. The van der Waals surface area contributed by atoms with E-state index in [4.69, 9.17) is 4.74 Å². The number of nitrogens with one attached hydrogen (secondary N) is 3. The van der Waals surface area contributed by atoms with E-state index in [1.807, 2.05) is 31.2 Å². The first-order valence-electron chi connectivity index (χ1n) is 10.5. The average Bonchev–Trinajstić information content (AvgIpc) is 2.74. The third kappa shape index (κ3) is 8.39. The number of guanidine groups is 1. The predicted molar refractivity (Wildman–Crippen MR) is 134 cm³/mol. The third-order valence-corrected chi connectivity index (χ3v) is 5.45. The summed E-state index contributed by atoms with van der Waals surface area (Å²) in [6.45, 7) is 13.5. The van der Waals surface area contributed by atoms with E-state index in [9.17, 15) is 4.79 Å². The van der Waals surface area contributed by atoms with Gasteiger partial charge < -0.3 is 20.7 Å². The number of amides is 1. The monoisotopic (exact) mass is 531 g/mol. The van der Waals surface area contributed by atoms with Crippen molar-refractivity contribution in [1.29, 1.82) is 0 Å². The summed E-state index contributed by atoms with van der Waals surface area (Å²) in [5, 5.41) is 9.76. The van der Waals surface area contributed by atoms with Crippen LogP contribution in [0, 0.1) is 0 Å². The molecule has 1 fully saturated rings. The number of carbonyl (C=O) groups is 1. The highest BCUT2D eigenvalue weighted by molar-refractivity contribution is 14.0. The highest BCUT2D eigenvalue weighted by Gasteiger charge is 2.28. The minimum Gasteiger partial charge on any atom is -0.379 e. The van der Waals surface area contributed by atoms with Crippen LogP contribution in [0.1, 0.15) is 50.0 Å². The van der Waals surface area contributed by atoms with E-state index in [0.717, 1.165) is 50.8 Å². The van der Waals surface area contributed by atoms with Gasteiger partial charge in [-0.25, -0.2) is 0 Å². The summed E-state index contributed by atoms with van der Waals surface area (Å²) < 4.78 is 5.45. The Kier molecular flexibility index (Phi) is 11.6. The first-order valence-corrected chi connectivity index (χ1v) is 10.5. The molecule has 0 bridgehead atoms. The van der Waals surface area contributed by atoms with Crippen molar-refractivity contribution in [2.75, 3.05) is 39.9 Å². The maximum absolute atomic E-state index is 12.2. The van der Waals surface area contributed by atoms with E-state index in [-0.39, 0.29) is 41.5 Å². The number of nitrogens with zero attached hydrogens (tertiary/aromatic N) is 2. The van der Waals surface area contributed by atoms with Gasteiger partial charge in [0.05, 0.1) is 13.2 Å². The van der Waals surface area contributed by atoms with Crippen LogP contribution < -0.4 is 16.0 Å². The Morgan fingerprint density at radius 2 is 1.83 bits per heavy atom. The van der Waals surface area contributed by atoms with Crippen molar-refractivity contribution in [3.05, 3.63) is 35.4 Å². The second-order valence-electron chi connectivity index (χ2n) is 8.17. The topological polar surface area (TPSA) is 78.0 Å². The Labute approximate surface area is 198 Å². The van der Waals surface area contributed by atoms with E-state index in [1.54, 1.807) is 7.05 Å². The van der Waals surface area contributed by atoms with Crippen molar-refractivity contribution >= 4 is 35.8 Å². The Morgan fingerprint density at radius 1 is 1.20 bits per heavy atom. The second-order valence-corrected chi connectivity index (χ2v) is 8.17. The molecule has 0 radical (unpaired) electrons. The minimum absolute atomic E-state index is 0. The molecule has 7 nitrogen and oxygen atoms in total. The average molecular weight is 531 g/mol. The lowest BCUT2D eigenvalue weighted by molar-refractivity contribution is -0.00834. The largest absolute Gasteiger partial charge is 0.379 e. The molecule has 0 saturated carbocycles. The Balaban J connectivity index is 0.00000450. The molecular weight excluding hydrogens is 493 g/mol. The van der Waals surface area contributed by atoms with E-state index in [2.05, 4.69) is 46.6 Å². The molecule has 8 heteroatoms. The Bertz CT molecular complexity index is 673. The minimum atomic E-state index is -0.0262. The van der Waals surface area contributed by atoms with Crippen LogP contribution in [0.4, 0.5) is 0 Å². The molecule has 1 amide bonds. The SMILES string of the molecule is CCC(C)NC(=O)c1ccc(CNC(=NC)NCC(C)(C)N2CCOCC2)cc1.I. The smallest absolute Gasteiger partial charge is 0.251 e. The van der Waals surface area contributed by atoms with Gasteiger partial charge in [0.2, 0.25) is 0 Å². The van der Waals surface area contributed by atoms with E-state index in [0.29, 0.717) is 12.1 Å². The van der Waals surface area contributed by atoms with Gasteiger partial charge in [0.25, 0.3) is 5.91 Å². The summed E-state index contributed by atoms with van der Waals surface area (Å²) in [4.78, 5) is 19.0. The summed E-state index contributed by atoms with van der Waals surface area (Å²) in [7, 11) is 1.78. The number of hydrogen-bond donors (Lipinski definition) is 3. The predicted octanol–water partition coefficient (Wildman–Crippen LogP) is 2.61. The lowest BCUT2D eigenvalue weighted by Gasteiger charge is -2.41. The molecule has 1 unspecified atom stereocenters. The normalized spacial score (nSPS) is 16.4. The van der Waals surface area contributed by atoms with Gasteiger partial charge in [0.1, 0.15) is 0 Å². The van der Waals surface area contributed by atoms with Gasteiger partial charge >= 0.3 is 0 Å². The fraction of sp³-hybridized carbons (Fsp3) is 0.636. The van der Waals surface area contributed by atoms with Gasteiger partial charge in [-0.1, -0.05) is 19.1 Å². The molecule has 30 heavy (non-hydrogen) atoms. The van der Waals surface area contributed by atoms with Crippen LogP contribution in [0.25, 0.3) is 0 Å². The zero-order chi connectivity index (χ0) is 21.3. The van der Waals surface area contributed by atoms with Crippen LogP contribution in [0.15, 0.2) is 29.3 Å². The molecule has 1 atom stereocenters. The first kappa shape index (κ1) is 26.6. The lowest BCUT2D eigenvalue weighted by atomic mass is 10.0. The van der Waals surface area contributed by atoms with Gasteiger partial charge in [-0.15, -0.1) is 24.0 Å². The molecular formula is C22H38IN5O2. The molecule has 1 saturated heterocycles. The molecule has 0 aliphatic carbocycles. The van der Waals surface area contributed by atoms with Crippen LogP contribution >= 0.6 is 24.0 Å². The van der Waals surface area contributed by atoms with Crippen LogP contribution in [0.2, 0.25) is 0 Å². The number of rotatable bonds is 8. The molecule has 1 aromatic carbocycles. The molecule has 0 aromatic heterocycles. The number of carbonyl (C=O) groups excluding carboxylic acids is 1. The summed E-state index contributed by atoms with van der Waals surface area (Å²) in [6.07, 6.45) is 0.919. The molecule has 1 aliphatic heterocycles. The van der Waals surface area contributed by atoms with E-state index in [1.165, 1.54) is 0 Å². The van der Waals surface area contributed by atoms with Crippen LogP contribution in [0.3, 0.4) is 0 Å². The maximum atomic E-state index is 12.2.